The van der Waals surface area contributed by atoms with Crippen molar-refractivity contribution in [2.45, 2.75) is 25.3 Å². The van der Waals surface area contributed by atoms with Gasteiger partial charge in [-0.25, -0.2) is 4.98 Å². The monoisotopic (exact) mass is 215 g/mol. The Morgan fingerprint density at radius 1 is 1.44 bits per heavy atom. The molecule has 1 saturated heterocycles. The van der Waals surface area contributed by atoms with Gasteiger partial charge >= 0.3 is 0 Å². The fourth-order valence-electron chi connectivity index (χ4n) is 2.56. The molecule has 2 aromatic heterocycles. The van der Waals surface area contributed by atoms with Crippen LogP contribution in [0.5, 0.6) is 0 Å². The van der Waals surface area contributed by atoms with Crippen LogP contribution in [-0.2, 0) is 6.42 Å². The molecule has 0 amide bonds. The number of likely N-dealkylation sites (N-methyl/N-ethyl adjacent to an activating group) is 1. The van der Waals surface area contributed by atoms with E-state index >= 15 is 0 Å². The standard InChI is InChI=1S/C13H17N3/c1-15-7-4-5-12(15)9-11-10-16-8-3-2-6-13(16)14-11/h2-3,6,8,10,12H,4-5,7,9H2,1H3. The lowest BCUT2D eigenvalue weighted by molar-refractivity contribution is 0.308. The lowest BCUT2D eigenvalue weighted by atomic mass is 10.1. The molecule has 0 saturated carbocycles. The van der Waals surface area contributed by atoms with E-state index in [-0.39, 0.29) is 0 Å². The van der Waals surface area contributed by atoms with Gasteiger partial charge in [-0.1, -0.05) is 6.07 Å². The smallest absolute Gasteiger partial charge is 0.136 e. The highest BCUT2D eigenvalue weighted by atomic mass is 15.1. The average molecular weight is 215 g/mol. The predicted octanol–water partition coefficient (Wildman–Crippen LogP) is 1.97. The summed E-state index contributed by atoms with van der Waals surface area (Å²) in [5, 5.41) is 0. The first-order valence-corrected chi connectivity index (χ1v) is 5.96. The second-order valence-electron chi connectivity index (χ2n) is 4.68. The van der Waals surface area contributed by atoms with Gasteiger partial charge in [-0.2, -0.15) is 0 Å². The minimum Gasteiger partial charge on any atom is -0.307 e. The third kappa shape index (κ3) is 1.71. The highest BCUT2D eigenvalue weighted by Crippen LogP contribution is 2.19. The number of pyridine rings is 1. The van der Waals surface area contributed by atoms with Gasteiger partial charge in [0, 0.05) is 24.9 Å². The first kappa shape index (κ1) is 9.85. The third-order valence-corrected chi connectivity index (χ3v) is 3.53. The molecule has 0 spiro atoms. The van der Waals surface area contributed by atoms with Crippen molar-refractivity contribution in [2.24, 2.45) is 0 Å². The molecule has 1 aliphatic rings. The second kappa shape index (κ2) is 3.91. The van der Waals surface area contributed by atoms with Gasteiger partial charge in [-0.15, -0.1) is 0 Å². The lowest BCUT2D eigenvalue weighted by Gasteiger charge is -2.17. The zero-order chi connectivity index (χ0) is 11.0. The van der Waals surface area contributed by atoms with Crippen LogP contribution in [0.15, 0.2) is 30.6 Å². The van der Waals surface area contributed by atoms with Crippen LogP contribution in [-0.4, -0.2) is 33.9 Å². The maximum absolute atomic E-state index is 4.65. The Hall–Kier alpha value is -1.35. The van der Waals surface area contributed by atoms with Crippen LogP contribution < -0.4 is 0 Å². The average Bonchev–Trinajstić information content (AvgIpc) is 2.85. The van der Waals surface area contributed by atoms with Crippen molar-refractivity contribution in [1.82, 2.24) is 14.3 Å². The fraction of sp³-hybridized carbons (Fsp3) is 0.462. The van der Waals surface area contributed by atoms with E-state index in [1.165, 1.54) is 25.1 Å². The van der Waals surface area contributed by atoms with Crippen molar-refractivity contribution >= 4 is 5.65 Å². The van der Waals surface area contributed by atoms with Crippen molar-refractivity contribution in [3.8, 4) is 0 Å². The largest absolute Gasteiger partial charge is 0.307 e. The molecule has 1 fully saturated rings. The molecule has 1 unspecified atom stereocenters. The number of rotatable bonds is 2. The lowest BCUT2D eigenvalue weighted by Crippen LogP contribution is -2.26. The number of aromatic nitrogens is 2. The number of likely N-dealkylation sites (tertiary alicyclic amines) is 1. The molecule has 1 aliphatic heterocycles. The van der Waals surface area contributed by atoms with Gasteiger partial charge in [0.25, 0.3) is 0 Å². The second-order valence-corrected chi connectivity index (χ2v) is 4.68. The van der Waals surface area contributed by atoms with Crippen molar-refractivity contribution in [3.05, 3.63) is 36.3 Å². The summed E-state index contributed by atoms with van der Waals surface area (Å²) in [5.41, 5.74) is 2.27. The topological polar surface area (TPSA) is 20.5 Å². The SMILES string of the molecule is CN1CCCC1Cc1cn2ccccc2n1. The molecule has 0 aliphatic carbocycles. The van der Waals surface area contributed by atoms with E-state index < -0.39 is 0 Å². The van der Waals surface area contributed by atoms with Gasteiger partial charge in [0.2, 0.25) is 0 Å². The maximum Gasteiger partial charge on any atom is 0.136 e. The molecule has 1 atom stereocenters. The zero-order valence-corrected chi connectivity index (χ0v) is 9.63. The molecule has 16 heavy (non-hydrogen) atoms. The summed E-state index contributed by atoms with van der Waals surface area (Å²) in [7, 11) is 2.22. The number of fused-ring (bicyclic) bond motifs is 1. The van der Waals surface area contributed by atoms with E-state index in [1.54, 1.807) is 0 Å². The van der Waals surface area contributed by atoms with E-state index in [2.05, 4.69) is 39.8 Å². The molecule has 3 heteroatoms. The van der Waals surface area contributed by atoms with Crippen LogP contribution in [0, 0.1) is 0 Å². The summed E-state index contributed by atoms with van der Waals surface area (Å²) < 4.78 is 2.10. The quantitative estimate of drug-likeness (QED) is 0.763. The van der Waals surface area contributed by atoms with Gasteiger partial charge in [0.05, 0.1) is 5.69 Å². The zero-order valence-electron chi connectivity index (χ0n) is 9.63. The molecule has 84 valence electrons. The third-order valence-electron chi connectivity index (χ3n) is 3.53. The van der Waals surface area contributed by atoms with Gasteiger partial charge < -0.3 is 9.30 Å². The number of nitrogens with zero attached hydrogens (tertiary/aromatic N) is 3. The summed E-state index contributed by atoms with van der Waals surface area (Å²) in [5.74, 6) is 0. The molecule has 0 aromatic carbocycles. The number of hydrogen-bond donors (Lipinski definition) is 0. The molecule has 0 N–H and O–H groups in total. The Balaban J connectivity index is 1.83. The van der Waals surface area contributed by atoms with Crippen molar-refractivity contribution in [3.63, 3.8) is 0 Å². The van der Waals surface area contributed by atoms with Crippen molar-refractivity contribution < 1.29 is 0 Å². The highest BCUT2D eigenvalue weighted by molar-refractivity contribution is 5.39. The molecule has 3 heterocycles. The molecule has 3 nitrogen and oxygen atoms in total. The summed E-state index contributed by atoms with van der Waals surface area (Å²) in [4.78, 5) is 7.10. The molecule has 3 rings (SSSR count). The van der Waals surface area contributed by atoms with Gasteiger partial charge in [-0.05, 0) is 38.6 Å². The van der Waals surface area contributed by atoms with Crippen LogP contribution in [0.2, 0.25) is 0 Å². The molecule has 0 bridgehead atoms. The van der Waals surface area contributed by atoms with Crippen LogP contribution in [0.4, 0.5) is 0 Å². The normalized spacial score (nSPS) is 21.9. The summed E-state index contributed by atoms with van der Waals surface area (Å²) in [6, 6.07) is 6.82. The van der Waals surface area contributed by atoms with Crippen molar-refractivity contribution in [2.75, 3.05) is 13.6 Å². The van der Waals surface area contributed by atoms with Gasteiger partial charge in [0.15, 0.2) is 0 Å². The van der Waals surface area contributed by atoms with E-state index in [0.717, 1.165) is 12.1 Å². The first-order valence-electron chi connectivity index (χ1n) is 5.96. The first-order chi connectivity index (χ1) is 7.83. The van der Waals surface area contributed by atoms with Gasteiger partial charge in [0.1, 0.15) is 5.65 Å². The number of imidazole rings is 1. The Morgan fingerprint density at radius 2 is 2.38 bits per heavy atom. The predicted molar refractivity (Wildman–Crippen MR) is 64.5 cm³/mol. The molecule has 2 aromatic rings. The Morgan fingerprint density at radius 3 is 3.12 bits per heavy atom. The highest BCUT2D eigenvalue weighted by Gasteiger charge is 2.21. The Labute approximate surface area is 95.7 Å². The van der Waals surface area contributed by atoms with Crippen LogP contribution in [0.25, 0.3) is 5.65 Å². The maximum atomic E-state index is 4.65. The Bertz CT molecular complexity index is 456. The van der Waals surface area contributed by atoms with Crippen LogP contribution in [0.1, 0.15) is 18.5 Å². The summed E-state index contributed by atoms with van der Waals surface area (Å²) in [6.07, 6.45) is 7.93. The van der Waals surface area contributed by atoms with Crippen molar-refractivity contribution in [1.29, 1.82) is 0 Å². The van der Waals surface area contributed by atoms with E-state index in [9.17, 15) is 0 Å². The van der Waals surface area contributed by atoms with Crippen LogP contribution in [0.3, 0.4) is 0 Å². The van der Waals surface area contributed by atoms with Gasteiger partial charge in [-0.3, -0.25) is 0 Å². The Kier molecular flexibility index (Phi) is 2.40. The molecular formula is C13H17N3. The molecular weight excluding hydrogens is 198 g/mol. The minimum absolute atomic E-state index is 0.685. The fourth-order valence-corrected chi connectivity index (χ4v) is 2.56. The number of hydrogen-bond acceptors (Lipinski definition) is 2. The van der Waals surface area contributed by atoms with Crippen LogP contribution >= 0.6 is 0 Å². The van der Waals surface area contributed by atoms with E-state index in [0.29, 0.717) is 6.04 Å². The summed E-state index contributed by atoms with van der Waals surface area (Å²) >= 11 is 0. The summed E-state index contributed by atoms with van der Waals surface area (Å²) in [6.45, 7) is 1.23. The van der Waals surface area contributed by atoms with E-state index in [1.807, 2.05) is 12.1 Å². The molecule has 0 radical (unpaired) electrons. The van der Waals surface area contributed by atoms with E-state index in [4.69, 9.17) is 0 Å². The minimum atomic E-state index is 0.685.